The molecule has 9 nitrogen and oxygen atoms in total. The molecule has 0 N–H and O–H groups in total. The Balaban J connectivity index is 1.71. The minimum atomic E-state index is -4.98. The summed E-state index contributed by atoms with van der Waals surface area (Å²) in [6.07, 6.45) is -4.80. The number of hydrogen-bond acceptors (Lipinski definition) is 7. The summed E-state index contributed by atoms with van der Waals surface area (Å²) in [4.78, 5) is 38.9. The lowest BCUT2D eigenvalue weighted by Crippen LogP contribution is -2.42. The van der Waals surface area contributed by atoms with Crippen molar-refractivity contribution >= 4 is 17.8 Å². The van der Waals surface area contributed by atoms with Gasteiger partial charge in [0.2, 0.25) is 5.88 Å². The van der Waals surface area contributed by atoms with E-state index in [0.717, 1.165) is 10.7 Å². The number of amides is 1. The third kappa shape index (κ3) is 7.45. The van der Waals surface area contributed by atoms with E-state index in [4.69, 9.17) is 14.2 Å². The van der Waals surface area contributed by atoms with E-state index in [2.05, 4.69) is 5.10 Å². The average molecular weight is 544 g/mol. The highest BCUT2D eigenvalue weighted by atomic mass is 19.4. The molecule has 3 rings (SSSR count). The van der Waals surface area contributed by atoms with Crippen LogP contribution in [0.2, 0.25) is 0 Å². The van der Waals surface area contributed by atoms with Gasteiger partial charge in [0.25, 0.3) is 0 Å². The molecule has 0 bridgehead atoms. The van der Waals surface area contributed by atoms with Gasteiger partial charge >= 0.3 is 18.2 Å². The van der Waals surface area contributed by atoms with Gasteiger partial charge in [0.15, 0.2) is 11.5 Å². The predicted octanol–water partition coefficient (Wildman–Crippen LogP) is 4.74. The van der Waals surface area contributed by atoms with E-state index in [1.54, 1.807) is 11.8 Å². The second kappa shape index (κ2) is 12.3. The first kappa shape index (κ1) is 28.9. The number of nitrogens with zero attached hydrogens (tertiary/aromatic N) is 3. The fraction of sp³-hybridized carbons (Fsp3) is 0.520. The zero-order valence-electron chi connectivity index (χ0n) is 21.2. The fourth-order valence-electron chi connectivity index (χ4n) is 3.74. The molecular formula is C25H29F4N3O6. The van der Waals surface area contributed by atoms with Crippen molar-refractivity contribution in [1.29, 1.82) is 0 Å². The molecule has 0 saturated carbocycles. The molecule has 0 spiro atoms. The van der Waals surface area contributed by atoms with Gasteiger partial charge in [0.1, 0.15) is 18.5 Å². The molecular weight excluding hydrogens is 514 g/mol. The van der Waals surface area contributed by atoms with E-state index >= 15 is 0 Å². The smallest absolute Gasteiger partial charge is 0.419 e. The molecule has 13 heteroatoms. The zero-order valence-corrected chi connectivity index (χ0v) is 21.2. The number of aromatic nitrogens is 2. The number of rotatable bonds is 9. The first-order valence-corrected chi connectivity index (χ1v) is 12.1. The molecule has 0 radical (unpaired) electrons. The molecule has 0 unspecified atom stereocenters. The first-order chi connectivity index (χ1) is 17.9. The van der Waals surface area contributed by atoms with E-state index in [9.17, 15) is 31.9 Å². The Kier molecular flexibility index (Phi) is 9.34. The van der Waals surface area contributed by atoms with Gasteiger partial charge in [-0.2, -0.15) is 13.2 Å². The van der Waals surface area contributed by atoms with Gasteiger partial charge in [-0.1, -0.05) is 13.8 Å². The average Bonchev–Trinajstić information content (AvgIpc) is 3.24. The van der Waals surface area contributed by atoms with Crippen LogP contribution in [-0.4, -0.2) is 64.9 Å². The van der Waals surface area contributed by atoms with Crippen LogP contribution in [-0.2, 0) is 22.2 Å². The molecule has 1 saturated heterocycles. The Hall–Kier alpha value is -3.64. The number of piperidine rings is 1. The molecule has 1 fully saturated rings. The molecule has 2 aromatic rings. The number of halogens is 4. The summed E-state index contributed by atoms with van der Waals surface area (Å²) < 4.78 is 69.9. The molecule has 208 valence electrons. The van der Waals surface area contributed by atoms with Crippen molar-refractivity contribution in [2.75, 3.05) is 26.3 Å². The molecule has 1 aliphatic rings. The first-order valence-electron chi connectivity index (χ1n) is 12.1. The van der Waals surface area contributed by atoms with Crippen LogP contribution in [0.4, 0.5) is 22.4 Å². The van der Waals surface area contributed by atoms with Gasteiger partial charge in [0, 0.05) is 37.6 Å². The maximum Gasteiger partial charge on any atom is 0.419 e. The number of Topliss-reactive ketones (excluding diaryl/α,β-unsaturated/α-hetero) is 1. The Morgan fingerprint density at radius 1 is 1.11 bits per heavy atom. The van der Waals surface area contributed by atoms with Crippen LogP contribution in [0.15, 0.2) is 24.3 Å². The van der Waals surface area contributed by atoms with Crippen LogP contribution in [0, 0.1) is 11.7 Å². The number of hydrogen-bond donors (Lipinski definition) is 0. The van der Waals surface area contributed by atoms with E-state index in [-0.39, 0.29) is 30.2 Å². The topological polar surface area (TPSA) is 100.0 Å². The number of carbonyl (C=O) groups excluding carboxylic acids is 3. The molecule has 1 aliphatic heterocycles. The van der Waals surface area contributed by atoms with E-state index in [1.165, 1.54) is 6.07 Å². The van der Waals surface area contributed by atoms with Gasteiger partial charge < -0.3 is 19.1 Å². The summed E-state index contributed by atoms with van der Waals surface area (Å²) in [6.45, 7) is 5.96. The van der Waals surface area contributed by atoms with Crippen molar-refractivity contribution < 1.29 is 46.2 Å². The highest BCUT2D eigenvalue weighted by Crippen LogP contribution is 2.32. The number of likely N-dealkylation sites (tertiary alicyclic amines) is 1. The number of benzene rings is 1. The lowest BCUT2D eigenvalue weighted by atomic mass is 10.1. The van der Waals surface area contributed by atoms with Crippen LogP contribution in [0.25, 0.3) is 0 Å². The number of carbonyl (C=O) groups is 3. The SMILES string of the molecule is CCOC(=O)c1cc(OC2CCN(C(=O)OCC(C)C)CC2)nn1CC(=O)c1ccc(F)c(C(F)(F)F)c1. The Morgan fingerprint density at radius 3 is 2.39 bits per heavy atom. The van der Waals surface area contributed by atoms with Crippen LogP contribution in [0.3, 0.4) is 0 Å². The summed E-state index contributed by atoms with van der Waals surface area (Å²) >= 11 is 0. The van der Waals surface area contributed by atoms with Gasteiger partial charge in [-0.05, 0) is 31.0 Å². The molecule has 1 aromatic carbocycles. The maximum atomic E-state index is 13.6. The van der Waals surface area contributed by atoms with Crippen LogP contribution in [0.5, 0.6) is 5.88 Å². The van der Waals surface area contributed by atoms with E-state index in [1.807, 2.05) is 13.8 Å². The normalized spacial score (nSPS) is 14.5. The second-order valence-corrected chi connectivity index (χ2v) is 9.14. The summed E-state index contributed by atoms with van der Waals surface area (Å²) in [7, 11) is 0. The van der Waals surface area contributed by atoms with Gasteiger partial charge in [-0.25, -0.2) is 18.7 Å². The molecule has 0 atom stereocenters. The van der Waals surface area contributed by atoms with Crippen LogP contribution < -0.4 is 4.74 Å². The van der Waals surface area contributed by atoms with Crippen molar-refractivity contribution in [2.24, 2.45) is 5.92 Å². The lowest BCUT2D eigenvalue weighted by molar-refractivity contribution is -0.140. The van der Waals surface area contributed by atoms with Crippen molar-refractivity contribution in [2.45, 2.75) is 52.4 Å². The highest BCUT2D eigenvalue weighted by Gasteiger charge is 2.35. The minimum absolute atomic E-state index is 0.0109. The monoisotopic (exact) mass is 543 g/mol. The summed E-state index contributed by atoms with van der Waals surface area (Å²) in [5.74, 6) is -2.92. The number of alkyl halides is 3. The Labute approximate surface area is 216 Å². The van der Waals surface area contributed by atoms with Crippen LogP contribution in [0.1, 0.15) is 60.0 Å². The van der Waals surface area contributed by atoms with Crippen LogP contribution >= 0.6 is 0 Å². The fourth-order valence-corrected chi connectivity index (χ4v) is 3.74. The molecule has 38 heavy (non-hydrogen) atoms. The third-order valence-corrected chi connectivity index (χ3v) is 5.66. The summed E-state index contributed by atoms with van der Waals surface area (Å²) in [5.41, 5.74) is -2.11. The minimum Gasteiger partial charge on any atom is -0.473 e. The van der Waals surface area contributed by atoms with Crippen molar-refractivity contribution in [3.05, 3.63) is 46.9 Å². The maximum absolute atomic E-state index is 13.6. The highest BCUT2D eigenvalue weighted by molar-refractivity contribution is 5.97. The third-order valence-electron chi connectivity index (χ3n) is 5.66. The van der Waals surface area contributed by atoms with Crippen molar-refractivity contribution in [3.8, 4) is 5.88 Å². The van der Waals surface area contributed by atoms with Gasteiger partial charge in [-0.15, -0.1) is 5.10 Å². The Bertz CT molecular complexity index is 1160. The largest absolute Gasteiger partial charge is 0.473 e. The van der Waals surface area contributed by atoms with E-state index in [0.29, 0.717) is 44.7 Å². The van der Waals surface area contributed by atoms with Crippen molar-refractivity contribution in [1.82, 2.24) is 14.7 Å². The summed E-state index contributed by atoms with van der Waals surface area (Å²) in [6, 6.07) is 3.19. The molecule has 0 aliphatic carbocycles. The van der Waals surface area contributed by atoms with Gasteiger partial charge in [-0.3, -0.25) is 4.79 Å². The molecule has 1 amide bonds. The Morgan fingerprint density at radius 2 is 1.79 bits per heavy atom. The van der Waals surface area contributed by atoms with Crippen molar-refractivity contribution in [3.63, 3.8) is 0 Å². The number of ether oxygens (including phenoxy) is 3. The standard InChI is InChI=1S/C25H29F4N3O6/c1-4-36-23(34)20-12-22(38-17-7-9-31(10-8-17)24(35)37-14-15(2)3)30-32(20)13-21(33)16-5-6-19(26)18(11-16)25(27,28)29/h5-6,11-12,15,17H,4,7-10,13-14H2,1-3H3. The number of ketones is 1. The van der Waals surface area contributed by atoms with Gasteiger partial charge in [0.05, 0.1) is 18.8 Å². The second-order valence-electron chi connectivity index (χ2n) is 9.14. The lowest BCUT2D eigenvalue weighted by Gasteiger charge is -2.31. The zero-order chi connectivity index (χ0) is 28.0. The number of esters is 1. The quantitative estimate of drug-likeness (QED) is 0.256. The predicted molar refractivity (Wildman–Crippen MR) is 125 cm³/mol. The molecule has 2 heterocycles. The summed E-state index contributed by atoms with van der Waals surface area (Å²) in [5, 5.41) is 4.14. The molecule has 1 aromatic heterocycles. The van der Waals surface area contributed by atoms with E-state index < -0.39 is 47.5 Å².